The van der Waals surface area contributed by atoms with Gasteiger partial charge in [-0.1, -0.05) is 168 Å². The summed E-state index contributed by atoms with van der Waals surface area (Å²) in [6.45, 7) is 6.94. The van der Waals surface area contributed by atoms with E-state index in [1.165, 1.54) is 193 Å². The highest BCUT2D eigenvalue weighted by Crippen LogP contribution is 2.15. The standard InChI is InChI=1S/2C20H39N2.H3O4P/c2*1-3-4-5-6-7-8-9-10-11-12-13-14-15-16-17-22-19-18-21(2)20-22;1-5(2,3)4/h2*18-20H,3-17H2,1-2H3;(H3,1,2,3,4)/q2*+1;/p-2. The van der Waals surface area contributed by atoms with E-state index in [0.29, 0.717) is 0 Å². The van der Waals surface area contributed by atoms with Gasteiger partial charge in [0, 0.05) is 0 Å². The number of unbranched alkanes of at least 4 members (excludes halogenated alkanes) is 26. The van der Waals surface area contributed by atoms with E-state index in [1.807, 2.05) is 0 Å². The van der Waals surface area contributed by atoms with Gasteiger partial charge in [-0.05, 0) is 25.7 Å². The molecule has 0 spiro atoms. The number of phosphoric acid groups is 1. The van der Waals surface area contributed by atoms with Crippen molar-refractivity contribution in [2.24, 2.45) is 14.1 Å². The largest absolute Gasteiger partial charge is 0.790 e. The van der Waals surface area contributed by atoms with Crippen LogP contribution in [0.15, 0.2) is 37.4 Å². The Morgan fingerprint density at radius 2 is 0.673 bits per heavy atom. The van der Waals surface area contributed by atoms with Gasteiger partial charge in [-0.3, -0.25) is 0 Å². The highest BCUT2D eigenvalue weighted by molar-refractivity contribution is 7.42. The number of nitrogens with zero attached hydrogens (tertiary/aromatic N) is 4. The highest BCUT2D eigenvalue weighted by atomic mass is 31.2. The monoisotopic (exact) mass is 711 g/mol. The second kappa shape index (κ2) is 35.0. The van der Waals surface area contributed by atoms with E-state index in [2.05, 4.69) is 83.7 Å². The summed E-state index contributed by atoms with van der Waals surface area (Å²) >= 11 is 0. The number of hydrogen-bond acceptors (Lipinski definition) is 3. The summed E-state index contributed by atoms with van der Waals surface area (Å²) in [5, 5.41) is 0. The first-order valence-corrected chi connectivity index (χ1v) is 21.9. The van der Waals surface area contributed by atoms with Crippen LogP contribution < -0.4 is 18.9 Å². The molecule has 0 aliphatic heterocycles. The molecule has 288 valence electrons. The number of rotatable bonds is 30. The Kier molecular flexibility index (Phi) is 33.9. The molecule has 2 heterocycles. The first-order chi connectivity index (χ1) is 23.7. The van der Waals surface area contributed by atoms with Gasteiger partial charge in [-0.2, -0.15) is 0 Å². The van der Waals surface area contributed by atoms with Crippen LogP contribution in [0.5, 0.6) is 0 Å². The summed E-state index contributed by atoms with van der Waals surface area (Å²) in [7, 11) is -0.969. The molecule has 0 aromatic carbocycles. The smallest absolute Gasteiger partial charge is 0.243 e. The molecule has 0 saturated carbocycles. The molecule has 0 amide bonds. The third-order valence-corrected chi connectivity index (χ3v) is 9.19. The summed E-state index contributed by atoms with van der Waals surface area (Å²) in [4.78, 5) is 24.3. The fourth-order valence-corrected chi connectivity index (χ4v) is 6.25. The van der Waals surface area contributed by atoms with E-state index in [1.54, 1.807) is 0 Å². The molecule has 0 aliphatic rings. The molecule has 1 N–H and O–H groups in total. The fourth-order valence-electron chi connectivity index (χ4n) is 6.25. The van der Waals surface area contributed by atoms with E-state index < -0.39 is 7.82 Å². The number of aryl methyl sites for hydroxylation is 4. The van der Waals surface area contributed by atoms with Crippen molar-refractivity contribution in [1.82, 2.24) is 9.13 Å². The number of imidazole rings is 2. The summed E-state index contributed by atoms with van der Waals surface area (Å²) < 4.78 is 17.5. The molecule has 49 heavy (non-hydrogen) atoms. The van der Waals surface area contributed by atoms with Gasteiger partial charge in [-0.25, -0.2) is 18.3 Å². The zero-order chi connectivity index (χ0) is 36.3. The second-order valence-corrected chi connectivity index (χ2v) is 15.2. The molecule has 2 aromatic rings. The van der Waals surface area contributed by atoms with Gasteiger partial charge >= 0.3 is 0 Å². The molecule has 0 fully saturated rings. The van der Waals surface area contributed by atoms with Gasteiger partial charge < -0.3 is 19.2 Å². The van der Waals surface area contributed by atoms with Crippen LogP contribution in [0, 0.1) is 0 Å². The molecule has 0 aliphatic carbocycles. The van der Waals surface area contributed by atoms with Crippen molar-refractivity contribution in [1.29, 1.82) is 0 Å². The maximum atomic E-state index is 8.66. The first-order valence-electron chi connectivity index (χ1n) is 20.4. The average molecular weight is 711 g/mol. The predicted octanol–water partition coefficient (Wildman–Crippen LogP) is 9.40. The Hall–Kier alpha value is -1.47. The third-order valence-electron chi connectivity index (χ3n) is 9.19. The molecule has 0 unspecified atom stereocenters. The predicted molar refractivity (Wildman–Crippen MR) is 202 cm³/mol. The van der Waals surface area contributed by atoms with Gasteiger partial charge in [0.15, 0.2) is 0 Å². The molecule has 0 saturated heterocycles. The van der Waals surface area contributed by atoms with Crippen LogP contribution in [0.1, 0.15) is 194 Å². The lowest BCUT2D eigenvalue weighted by Gasteiger charge is -2.19. The third kappa shape index (κ3) is 39.2. The quantitative estimate of drug-likeness (QED) is 0.0496. The number of aromatic nitrogens is 4. The fraction of sp³-hybridized carbons (Fsp3) is 0.850. The summed E-state index contributed by atoms with van der Waals surface area (Å²) in [5.41, 5.74) is 0. The minimum atomic E-state index is -5.14. The summed E-state index contributed by atoms with van der Waals surface area (Å²) in [5.74, 6) is 0. The Morgan fingerprint density at radius 3 is 0.857 bits per heavy atom. The second-order valence-electron chi connectivity index (χ2n) is 14.3. The van der Waals surface area contributed by atoms with Crippen LogP contribution in [0.2, 0.25) is 0 Å². The topological polar surface area (TPSA) is 101 Å². The van der Waals surface area contributed by atoms with Crippen molar-refractivity contribution >= 4 is 7.82 Å². The van der Waals surface area contributed by atoms with E-state index >= 15 is 0 Å². The minimum Gasteiger partial charge on any atom is -0.790 e. The maximum absolute atomic E-state index is 8.66. The Bertz CT molecular complexity index is 914. The van der Waals surface area contributed by atoms with Gasteiger partial charge in [0.1, 0.15) is 24.8 Å². The van der Waals surface area contributed by atoms with Crippen molar-refractivity contribution in [2.75, 3.05) is 0 Å². The normalized spacial score (nSPS) is 11.2. The molecule has 8 nitrogen and oxygen atoms in total. The van der Waals surface area contributed by atoms with Crippen molar-refractivity contribution < 1.29 is 28.4 Å². The summed E-state index contributed by atoms with van der Waals surface area (Å²) in [6, 6.07) is 0. The van der Waals surface area contributed by atoms with Gasteiger partial charge in [0.2, 0.25) is 12.7 Å². The molecule has 0 bridgehead atoms. The SMILES string of the molecule is CCCCCCCCCCCCCCCCn1cc[n+](C)c1.CCCCCCCCCCCCCCCCn1cc[n+](C)c1.O=P([O-])([O-])O. The van der Waals surface area contributed by atoms with E-state index in [0.717, 1.165) is 0 Å². The Labute approximate surface area is 303 Å². The molecular weight excluding hydrogens is 631 g/mol. The molecule has 0 atom stereocenters. The van der Waals surface area contributed by atoms with Crippen molar-refractivity contribution in [3.8, 4) is 0 Å². The Morgan fingerprint density at radius 1 is 0.469 bits per heavy atom. The van der Waals surface area contributed by atoms with E-state index in [4.69, 9.17) is 19.2 Å². The Balaban J connectivity index is 0.000000826. The minimum absolute atomic E-state index is 1.18. The van der Waals surface area contributed by atoms with Crippen LogP contribution in [0.3, 0.4) is 0 Å². The van der Waals surface area contributed by atoms with Crippen LogP contribution in [0.4, 0.5) is 0 Å². The molecule has 2 rings (SSSR count). The molecule has 2 aromatic heterocycles. The molecule has 0 radical (unpaired) electrons. The zero-order valence-electron chi connectivity index (χ0n) is 32.6. The first kappa shape index (κ1) is 47.5. The lowest BCUT2D eigenvalue weighted by molar-refractivity contribution is -0.671. The van der Waals surface area contributed by atoms with Crippen LogP contribution in [-0.2, 0) is 31.7 Å². The average Bonchev–Trinajstić information content (AvgIpc) is 3.67. The van der Waals surface area contributed by atoms with Crippen LogP contribution in [0.25, 0.3) is 0 Å². The maximum Gasteiger partial charge on any atom is 0.243 e. The van der Waals surface area contributed by atoms with Gasteiger partial charge in [-0.15, -0.1) is 0 Å². The number of hydrogen-bond donors (Lipinski definition) is 1. The lowest BCUT2D eigenvalue weighted by Crippen LogP contribution is -2.23. The summed E-state index contributed by atoms with van der Waals surface area (Å²) in [6.07, 6.45) is 53.1. The van der Waals surface area contributed by atoms with Crippen LogP contribution >= 0.6 is 7.82 Å². The van der Waals surface area contributed by atoms with Crippen molar-refractivity contribution in [3.63, 3.8) is 0 Å². The molecule has 9 heteroatoms. The van der Waals surface area contributed by atoms with E-state index in [-0.39, 0.29) is 0 Å². The lowest BCUT2D eigenvalue weighted by atomic mass is 10.0. The zero-order valence-corrected chi connectivity index (χ0v) is 33.5. The van der Waals surface area contributed by atoms with Gasteiger partial charge in [0.25, 0.3) is 0 Å². The van der Waals surface area contributed by atoms with Crippen molar-refractivity contribution in [2.45, 2.75) is 207 Å². The van der Waals surface area contributed by atoms with Crippen LogP contribution in [-0.4, -0.2) is 14.0 Å². The van der Waals surface area contributed by atoms with E-state index in [9.17, 15) is 0 Å². The van der Waals surface area contributed by atoms with Gasteiger partial charge in [0.05, 0.1) is 35.0 Å². The highest BCUT2D eigenvalue weighted by Gasteiger charge is 2.01. The molecular formula is C40H79N4O4P. The van der Waals surface area contributed by atoms with Crippen molar-refractivity contribution in [3.05, 3.63) is 37.4 Å².